The van der Waals surface area contributed by atoms with Gasteiger partial charge in [-0.15, -0.1) is 0 Å². The van der Waals surface area contributed by atoms with Gasteiger partial charge in [0, 0.05) is 11.5 Å². The van der Waals surface area contributed by atoms with Crippen molar-refractivity contribution in [3.63, 3.8) is 0 Å². The average molecular weight is 269 g/mol. The number of nitrogens with zero attached hydrogens (tertiary/aromatic N) is 2. The van der Waals surface area contributed by atoms with E-state index in [4.69, 9.17) is 5.11 Å². The number of benzene rings is 1. The summed E-state index contributed by atoms with van der Waals surface area (Å²) in [4.78, 5) is 14.8. The minimum absolute atomic E-state index is 0.0190. The van der Waals surface area contributed by atoms with Crippen LogP contribution < -0.4 is 0 Å². The Morgan fingerprint density at radius 3 is 3.00 bits per heavy atom. The summed E-state index contributed by atoms with van der Waals surface area (Å²) in [5.74, 6) is -0.836. The lowest BCUT2D eigenvalue weighted by Gasteiger charge is -2.01. The monoisotopic (exact) mass is 268 g/mol. The maximum atomic E-state index is 10.6. The lowest BCUT2D eigenvalue weighted by molar-refractivity contribution is -0.136. The molecule has 0 unspecified atom stereocenters. The second-order valence-corrected chi connectivity index (χ2v) is 4.23. The molecule has 15 heavy (non-hydrogen) atoms. The molecule has 1 heterocycles. The van der Waals surface area contributed by atoms with Gasteiger partial charge in [0.1, 0.15) is 0 Å². The molecular formula is C10H9BrN2O2. The van der Waals surface area contributed by atoms with Crippen molar-refractivity contribution in [3.05, 3.63) is 28.5 Å². The second-order valence-electron chi connectivity index (χ2n) is 3.37. The Bertz CT molecular complexity index is 533. The summed E-state index contributed by atoms with van der Waals surface area (Å²) in [7, 11) is 1.90. The molecule has 2 aromatic rings. The van der Waals surface area contributed by atoms with Crippen molar-refractivity contribution in [3.8, 4) is 0 Å². The molecule has 0 amide bonds. The van der Waals surface area contributed by atoms with Gasteiger partial charge in [0.2, 0.25) is 0 Å². The number of aromatic nitrogens is 2. The van der Waals surface area contributed by atoms with Gasteiger partial charge in [-0.25, -0.2) is 4.98 Å². The van der Waals surface area contributed by atoms with Crippen LogP contribution in [-0.2, 0) is 18.3 Å². The minimum atomic E-state index is -0.836. The van der Waals surface area contributed by atoms with Crippen molar-refractivity contribution in [2.75, 3.05) is 0 Å². The molecule has 4 nitrogen and oxygen atoms in total. The zero-order valence-electron chi connectivity index (χ0n) is 8.07. The Morgan fingerprint density at radius 2 is 2.33 bits per heavy atom. The summed E-state index contributed by atoms with van der Waals surface area (Å²) in [6.45, 7) is 0. The predicted molar refractivity (Wildman–Crippen MR) is 59.8 cm³/mol. The van der Waals surface area contributed by atoms with E-state index < -0.39 is 5.97 Å². The highest BCUT2D eigenvalue weighted by Crippen LogP contribution is 2.24. The highest BCUT2D eigenvalue weighted by atomic mass is 79.9. The Kier molecular flexibility index (Phi) is 2.48. The number of halogens is 1. The Balaban J connectivity index is 2.58. The van der Waals surface area contributed by atoms with Crippen LogP contribution in [0.1, 0.15) is 5.56 Å². The van der Waals surface area contributed by atoms with Crippen LogP contribution in [0.2, 0.25) is 0 Å². The molecule has 2 rings (SSSR count). The molecule has 0 atom stereocenters. The molecule has 0 aliphatic heterocycles. The largest absolute Gasteiger partial charge is 0.481 e. The zero-order chi connectivity index (χ0) is 11.0. The first-order chi connectivity index (χ1) is 7.08. The molecule has 78 valence electrons. The van der Waals surface area contributed by atoms with Crippen molar-refractivity contribution < 1.29 is 9.90 Å². The van der Waals surface area contributed by atoms with Gasteiger partial charge in [-0.3, -0.25) is 4.79 Å². The zero-order valence-corrected chi connectivity index (χ0v) is 9.65. The van der Waals surface area contributed by atoms with Crippen molar-refractivity contribution >= 4 is 32.9 Å². The lowest BCUT2D eigenvalue weighted by atomic mass is 10.1. The van der Waals surface area contributed by atoms with Crippen molar-refractivity contribution in [1.82, 2.24) is 9.55 Å². The van der Waals surface area contributed by atoms with E-state index in [1.54, 1.807) is 12.4 Å². The molecule has 1 aromatic heterocycles. The Labute approximate surface area is 94.7 Å². The molecule has 1 N–H and O–H groups in total. The fourth-order valence-corrected chi connectivity index (χ4v) is 2.35. The van der Waals surface area contributed by atoms with E-state index in [0.29, 0.717) is 0 Å². The van der Waals surface area contributed by atoms with Crippen LogP contribution in [0.15, 0.2) is 22.9 Å². The summed E-state index contributed by atoms with van der Waals surface area (Å²) in [6, 6.07) is 3.62. The summed E-state index contributed by atoms with van der Waals surface area (Å²) in [6.07, 6.45) is 1.73. The summed E-state index contributed by atoms with van der Waals surface area (Å²) in [5, 5.41) is 8.69. The first-order valence-electron chi connectivity index (χ1n) is 4.39. The third kappa shape index (κ3) is 1.87. The van der Waals surface area contributed by atoms with Crippen LogP contribution in [0.5, 0.6) is 0 Å². The van der Waals surface area contributed by atoms with Crippen LogP contribution in [-0.4, -0.2) is 20.6 Å². The molecular weight excluding hydrogens is 260 g/mol. The number of imidazole rings is 1. The van der Waals surface area contributed by atoms with E-state index in [0.717, 1.165) is 21.1 Å². The van der Waals surface area contributed by atoms with Gasteiger partial charge >= 0.3 is 5.97 Å². The topological polar surface area (TPSA) is 55.1 Å². The number of carboxylic acids is 1. The quantitative estimate of drug-likeness (QED) is 0.906. The van der Waals surface area contributed by atoms with Crippen LogP contribution in [0.25, 0.3) is 11.0 Å². The fourth-order valence-electron chi connectivity index (χ4n) is 1.57. The fraction of sp³-hybridized carbons (Fsp3) is 0.200. The van der Waals surface area contributed by atoms with E-state index >= 15 is 0 Å². The predicted octanol–water partition coefficient (Wildman–Crippen LogP) is 1.96. The number of rotatable bonds is 2. The third-order valence-corrected chi connectivity index (χ3v) is 2.79. The normalized spacial score (nSPS) is 10.8. The van der Waals surface area contributed by atoms with Gasteiger partial charge in [-0.05, 0) is 33.6 Å². The molecule has 0 saturated heterocycles. The summed E-state index contributed by atoms with van der Waals surface area (Å²) in [5.41, 5.74) is 2.54. The Morgan fingerprint density at radius 1 is 1.60 bits per heavy atom. The average Bonchev–Trinajstić information content (AvgIpc) is 2.46. The number of hydrogen-bond acceptors (Lipinski definition) is 2. The lowest BCUT2D eigenvalue weighted by Crippen LogP contribution is -2.00. The van der Waals surface area contributed by atoms with Gasteiger partial charge < -0.3 is 9.67 Å². The van der Waals surface area contributed by atoms with Crippen LogP contribution in [0.4, 0.5) is 0 Å². The Hall–Kier alpha value is -1.36. The molecule has 0 radical (unpaired) electrons. The van der Waals surface area contributed by atoms with E-state index in [-0.39, 0.29) is 6.42 Å². The minimum Gasteiger partial charge on any atom is -0.481 e. The molecule has 0 saturated carbocycles. The molecule has 0 spiro atoms. The number of hydrogen-bond donors (Lipinski definition) is 1. The molecule has 0 fully saturated rings. The number of aryl methyl sites for hydroxylation is 1. The summed E-state index contributed by atoms with van der Waals surface area (Å²) >= 11 is 3.41. The molecule has 0 bridgehead atoms. The van der Waals surface area contributed by atoms with Gasteiger partial charge in [-0.1, -0.05) is 0 Å². The van der Waals surface area contributed by atoms with Crippen molar-refractivity contribution in [2.24, 2.45) is 7.05 Å². The van der Waals surface area contributed by atoms with E-state index in [1.807, 2.05) is 17.7 Å². The number of aliphatic carboxylic acids is 1. The molecule has 0 aliphatic rings. The highest BCUT2D eigenvalue weighted by Gasteiger charge is 2.08. The van der Waals surface area contributed by atoms with Gasteiger partial charge in [0.15, 0.2) is 0 Å². The van der Waals surface area contributed by atoms with E-state index in [9.17, 15) is 4.79 Å². The standard InChI is InChI=1S/C10H9BrN2O2/c1-13-5-12-8-3-6(4-9(14)15)2-7(11)10(8)13/h2-3,5H,4H2,1H3,(H,14,15). The smallest absolute Gasteiger partial charge is 0.307 e. The van der Waals surface area contributed by atoms with Crippen LogP contribution >= 0.6 is 15.9 Å². The van der Waals surface area contributed by atoms with Gasteiger partial charge in [0.05, 0.1) is 23.8 Å². The summed E-state index contributed by atoms with van der Waals surface area (Å²) < 4.78 is 2.76. The van der Waals surface area contributed by atoms with Gasteiger partial charge in [-0.2, -0.15) is 0 Å². The number of fused-ring (bicyclic) bond motifs is 1. The van der Waals surface area contributed by atoms with Crippen molar-refractivity contribution in [1.29, 1.82) is 0 Å². The molecule has 1 aromatic carbocycles. The second kappa shape index (κ2) is 3.66. The van der Waals surface area contributed by atoms with E-state index in [1.165, 1.54) is 0 Å². The maximum absolute atomic E-state index is 10.6. The highest BCUT2D eigenvalue weighted by molar-refractivity contribution is 9.10. The molecule has 5 heteroatoms. The molecule has 0 aliphatic carbocycles. The first kappa shape index (κ1) is 10.2. The van der Waals surface area contributed by atoms with Crippen molar-refractivity contribution in [2.45, 2.75) is 6.42 Å². The number of carbonyl (C=O) groups is 1. The third-order valence-electron chi connectivity index (χ3n) is 2.18. The SMILES string of the molecule is Cn1cnc2cc(CC(=O)O)cc(Br)c21. The van der Waals surface area contributed by atoms with Crippen LogP contribution in [0, 0.1) is 0 Å². The first-order valence-corrected chi connectivity index (χ1v) is 5.18. The van der Waals surface area contributed by atoms with Crippen LogP contribution in [0.3, 0.4) is 0 Å². The van der Waals surface area contributed by atoms with Gasteiger partial charge in [0.25, 0.3) is 0 Å². The number of carboxylic acid groups (broad SMARTS) is 1. The maximum Gasteiger partial charge on any atom is 0.307 e. The van der Waals surface area contributed by atoms with E-state index in [2.05, 4.69) is 20.9 Å².